The van der Waals surface area contributed by atoms with Gasteiger partial charge in [0.25, 0.3) is 0 Å². The van der Waals surface area contributed by atoms with Gasteiger partial charge in [0.1, 0.15) is 11.6 Å². The molecule has 4 heteroatoms. The van der Waals surface area contributed by atoms with Crippen LogP contribution in [0.5, 0.6) is 0 Å². The molecule has 2 aromatic rings. The van der Waals surface area contributed by atoms with Crippen molar-refractivity contribution in [2.75, 3.05) is 6.54 Å². The Morgan fingerprint density at radius 3 is 2.76 bits per heavy atom. The summed E-state index contributed by atoms with van der Waals surface area (Å²) in [5.74, 6) is 0.610. The molecule has 0 spiro atoms. The van der Waals surface area contributed by atoms with E-state index in [0.717, 1.165) is 12.4 Å². The van der Waals surface area contributed by atoms with E-state index in [1.165, 1.54) is 6.07 Å². The lowest BCUT2D eigenvalue weighted by molar-refractivity contribution is 0.532. The molecule has 2 rings (SSSR count). The number of nitrogens with one attached hydrogen (secondary N) is 1. The van der Waals surface area contributed by atoms with Gasteiger partial charge in [0, 0.05) is 25.0 Å². The van der Waals surface area contributed by atoms with Crippen LogP contribution in [-0.4, -0.2) is 16.1 Å². The number of benzene rings is 1. The Morgan fingerprint density at radius 2 is 2.18 bits per heavy atom. The average molecular weight is 233 g/mol. The van der Waals surface area contributed by atoms with Crippen LogP contribution >= 0.6 is 0 Å². The summed E-state index contributed by atoms with van der Waals surface area (Å²) in [5, 5.41) is 3.26. The van der Waals surface area contributed by atoms with Gasteiger partial charge in [-0.1, -0.05) is 25.1 Å². The van der Waals surface area contributed by atoms with E-state index in [1.807, 2.05) is 30.8 Å². The Labute approximate surface area is 100 Å². The number of hydrogen-bond acceptors (Lipinski definition) is 2. The number of rotatable bonds is 4. The number of aryl methyl sites for hydroxylation is 1. The SMILES string of the molecule is CCNC(c1ccccc1F)c1nccn1C. The maximum Gasteiger partial charge on any atom is 0.130 e. The van der Waals surface area contributed by atoms with Crippen molar-refractivity contribution in [2.24, 2.45) is 7.05 Å². The van der Waals surface area contributed by atoms with Gasteiger partial charge in [-0.15, -0.1) is 0 Å². The van der Waals surface area contributed by atoms with E-state index < -0.39 is 0 Å². The minimum Gasteiger partial charge on any atom is -0.336 e. The molecule has 0 saturated carbocycles. The zero-order valence-electron chi connectivity index (χ0n) is 10.0. The van der Waals surface area contributed by atoms with Crippen LogP contribution < -0.4 is 5.32 Å². The molecule has 0 aliphatic rings. The van der Waals surface area contributed by atoms with Crippen molar-refractivity contribution in [1.82, 2.24) is 14.9 Å². The Kier molecular flexibility index (Phi) is 3.54. The Hall–Kier alpha value is -1.68. The van der Waals surface area contributed by atoms with Gasteiger partial charge in [-0.25, -0.2) is 9.37 Å². The van der Waals surface area contributed by atoms with Crippen molar-refractivity contribution >= 4 is 0 Å². The van der Waals surface area contributed by atoms with Gasteiger partial charge in [0.15, 0.2) is 0 Å². The molecule has 1 unspecified atom stereocenters. The van der Waals surface area contributed by atoms with E-state index in [1.54, 1.807) is 18.3 Å². The summed E-state index contributed by atoms with van der Waals surface area (Å²) < 4.78 is 15.7. The first kappa shape index (κ1) is 11.8. The molecule has 1 heterocycles. The van der Waals surface area contributed by atoms with Crippen LogP contribution in [0.1, 0.15) is 24.4 Å². The molecule has 1 atom stereocenters. The number of imidazole rings is 1. The van der Waals surface area contributed by atoms with Crippen LogP contribution in [0.3, 0.4) is 0 Å². The van der Waals surface area contributed by atoms with Crippen LogP contribution in [0.4, 0.5) is 4.39 Å². The van der Waals surface area contributed by atoms with Crippen LogP contribution in [0, 0.1) is 5.82 Å². The first-order valence-electron chi connectivity index (χ1n) is 5.69. The first-order valence-corrected chi connectivity index (χ1v) is 5.69. The van der Waals surface area contributed by atoms with E-state index in [-0.39, 0.29) is 11.9 Å². The van der Waals surface area contributed by atoms with Crippen molar-refractivity contribution in [2.45, 2.75) is 13.0 Å². The highest BCUT2D eigenvalue weighted by Gasteiger charge is 2.19. The van der Waals surface area contributed by atoms with Gasteiger partial charge in [-0.2, -0.15) is 0 Å². The quantitative estimate of drug-likeness (QED) is 0.877. The molecule has 1 aromatic carbocycles. The Bertz CT molecular complexity index is 493. The third kappa shape index (κ3) is 2.36. The Balaban J connectivity index is 2.43. The second-order valence-corrected chi connectivity index (χ2v) is 3.91. The topological polar surface area (TPSA) is 29.9 Å². The number of halogens is 1. The molecule has 0 radical (unpaired) electrons. The third-order valence-corrected chi connectivity index (χ3v) is 2.74. The number of aromatic nitrogens is 2. The standard InChI is InChI=1S/C13H16FN3/c1-3-15-12(13-16-8-9-17(13)2)10-6-4-5-7-11(10)14/h4-9,12,15H,3H2,1-2H3. The summed E-state index contributed by atoms with van der Waals surface area (Å²) in [6.07, 6.45) is 3.58. The molecule has 1 N–H and O–H groups in total. The smallest absolute Gasteiger partial charge is 0.130 e. The van der Waals surface area contributed by atoms with Crippen LogP contribution in [0.15, 0.2) is 36.7 Å². The molecule has 0 aliphatic carbocycles. The van der Waals surface area contributed by atoms with Gasteiger partial charge in [0.2, 0.25) is 0 Å². The zero-order chi connectivity index (χ0) is 12.3. The van der Waals surface area contributed by atoms with Crippen molar-refractivity contribution in [3.8, 4) is 0 Å². The van der Waals surface area contributed by atoms with Gasteiger partial charge in [0.05, 0.1) is 6.04 Å². The predicted octanol–water partition coefficient (Wildman–Crippen LogP) is 2.26. The molecule has 90 valence electrons. The fourth-order valence-electron chi connectivity index (χ4n) is 1.91. The maximum atomic E-state index is 13.8. The van der Waals surface area contributed by atoms with E-state index in [9.17, 15) is 4.39 Å². The summed E-state index contributed by atoms with van der Waals surface area (Å²) in [6, 6.07) is 6.59. The molecule has 0 saturated heterocycles. The van der Waals surface area contributed by atoms with Crippen molar-refractivity contribution in [3.05, 3.63) is 53.9 Å². The largest absolute Gasteiger partial charge is 0.336 e. The normalized spacial score (nSPS) is 12.6. The van der Waals surface area contributed by atoms with E-state index >= 15 is 0 Å². The second kappa shape index (κ2) is 5.10. The predicted molar refractivity (Wildman–Crippen MR) is 65.1 cm³/mol. The summed E-state index contributed by atoms with van der Waals surface area (Å²) in [4.78, 5) is 4.29. The number of hydrogen-bond donors (Lipinski definition) is 1. The molecule has 17 heavy (non-hydrogen) atoms. The Morgan fingerprint density at radius 1 is 1.41 bits per heavy atom. The molecule has 0 aliphatic heterocycles. The lowest BCUT2D eigenvalue weighted by Gasteiger charge is -2.18. The number of nitrogens with zero attached hydrogens (tertiary/aromatic N) is 2. The second-order valence-electron chi connectivity index (χ2n) is 3.91. The fraction of sp³-hybridized carbons (Fsp3) is 0.308. The lowest BCUT2D eigenvalue weighted by atomic mass is 10.1. The van der Waals surface area contributed by atoms with Gasteiger partial charge < -0.3 is 9.88 Å². The molecule has 1 aromatic heterocycles. The average Bonchev–Trinajstić information content (AvgIpc) is 2.74. The summed E-state index contributed by atoms with van der Waals surface area (Å²) in [7, 11) is 1.91. The zero-order valence-corrected chi connectivity index (χ0v) is 10.0. The van der Waals surface area contributed by atoms with E-state index in [2.05, 4.69) is 10.3 Å². The monoisotopic (exact) mass is 233 g/mol. The lowest BCUT2D eigenvalue weighted by Crippen LogP contribution is -2.25. The van der Waals surface area contributed by atoms with Gasteiger partial charge >= 0.3 is 0 Å². The molecular formula is C13H16FN3. The molecule has 3 nitrogen and oxygen atoms in total. The van der Waals surface area contributed by atoms with Crippen LogP contribution in [-0.2, 0) is 7.05 Å². The fourth-order valence-corrected chi connectivity index (χ4v) is 1.91. The van der Waals surface area contributed by atoms with Crippen molar-refractivity contribution in [1.29, 1.82) is 0 Å². The first-order chi connectivity index (χ1) is 8.24. The third-order valence-electron chi connectivity index (χ3n) is 2.74. The van der Waals surface area contributed by atoms with Crippen molar-refractivity contribution < 1.29 is 4.39 Å². The highest BCUT2D eigenvalue weighted by atomic mass is 19.1. The summed E-state index contributed by atoms with van der Waals surface area (Å²) >= 11 is 0. The van der Waals surface area contributed by atoms with E-state index in [0.29, 0.717) is 5.56 Å². The van der Waals surface area contributed by atoms with Gasteiger partial charge in [-0.3, -0.25) is 0 Å². The summed E-state index contributed by atoms with van der Waals surface area (Å²) in [5.41, 5.74) is 0.628. The molecule has 0 bridgehead atoms. The molecule has 0 fully saturated rings. The van der Waals surface area contributed by atoms with Crippen LogP contribution in [0.25, 0.3) is 0 Å². The minimum atomic E-state index is -0.207. The molecular weight excluding hydrogens is 217 g/mol. The van der Waals surface area contributed by atoms with E-state index in [4.69, 9.17) is 0 Å². The van der Waals surface area contributed by atoms with Gasteiger partial charge in [-0.05, 0) is 12.6 Å². The van der Waals surface area contributed by atoms with Crippen LogP contribution in [0.2, 0.25) is 0 Å². The molecule has 0 amide bonds. The highest BCUT2D eigenvalue weighted by Crippen LogP contribution is 2.22. The minimum absolute atomic E-state index is 0.207. The maximum absolute atomic E-state index is 13.8. The summed E-state index contributed by atoms with van der Waals surface area (Å²) in [6.45, 7) is 2.75. The van der Waals surface area contributed by atoms with Crippen molar-refractivity contribution in [3.63, 3.8) is 0 Å². The highest BCUT2D eigenvalue weighted by molar-refractivity contribution is 5.26.